The van der Waals surface area contributed by atoms with E-state index in [1.54, 1.807) is 32.0 Å². The van der Waals surface area contributed by atoms with Crippen molar-refractivity contribution < 1.29 is 37.4 Å². The Morgan fingerprint density at radius 2 is 2.02 bits per heavy atom. The minimum absolute atomic E-state index is 0.0868. The Kier molecular flexibility index (Phi) is 9.91. The minimum Gasteiger partial charge on any atom is -0.462 e. The highest BCUT2D eigenvalue weighted by molar-refractivity contribution is 7.52. The number of nitrogens with one attached hydrogen (secondary N) is 2. The van der Waals surface area contributed by atoms with Crippen LogP contribution in [0.15, 0.2) is 36.7 Å². The highest BCUT2D eigenvalue weighted by Gasteiger charge is 2.57. The summed E-state index contributed by atoms with van der Waals surface area (Å²) < 4.78 is 53.4. The second-order valence-corrected chi connectivity index (χ2v) is 11.9. The molecule has 3 heterocycles. The first kappa shape index (κ1) is 31.9. The number of hydrogen-bond acceptors (Lipinski definition) is 12. The van der Waals surface area contributed by atoms with E-state index >= 15 is 4.39 Å². The number of rotatable bonds is 13. The van der Waals surface area contributed by atoms with Gasteiger partial charge in [-0.1, -0.05) is 18.2 Å². The van der Waals surface area contributed by atoms with E-state index in [1.165, 1.54) is 30.0 Å². The van der Waals surface area contributed by atoms with Gasteiger partial charge in [0.1, 0.15) is 23.5 Å². The predicted molar refractivity (Wildman–Crippen MR) is 153 cm³/mol. The number of carbonyl (C=O) groups is 1. The van der Waals surface area contributed by atoms with E-state index in [9.17, 15) is 14.5 Å². The van der Waals surface area contributed by atoms with E-state index in [1.807, 2.05) is 6.92 Å². The van der Waals surface area contributed by atoms with E-state index in [0.29, 0.717) is 17.9 Å². The number of hydrogen-bond donors (Lipinski definition) is 4. The molecule has 2 aromatic heterocycles. The number of imidazole rings is 1. The molecule has 1 aliphatic rings. The number of halogens is 2. The number of aliphatic hydroxyl groups excluding tert-OH is 1. The van der Waals surface area contributed by atoms with Crippen LogP contribution in [-0.4, -0.2) is 79.6 Å². The van der Waals surface area contributed by atoms with Crippen LogP contribution in [0.5, 0.6) is 5.75 Å². The lowest BCUT2D eigenvalue weighted by Crippen LogP contribution is -2.48. The van der Waals surface area contributed by atoms with E-state index in [0.717, 1.165) is 0 Å². The molecule has 3 aromatic rings. The minimum atomic E-state index is -4.38. The summed E-state index contributed by atoms with van der Waals surface area (Å²) in [6.07, 6.45) is -4.48. The van der Waals surface area contributed by atoms with Gasteiger partial charge in [0.05, 0.1) is 24.9 Å². The van der Waals surface area contributed by atoms with E-state index in [-0.39, 0.29) is 17.3 Å². The highest BCUT2D eigenvalue weighted by atomic mass is 35.5. The second-order valence-electron chi connectivity index (χ2n) is 9.89. The summed E-state index contributed by atoms with van der Waals surface area (Å²) in [4.78, 5) is 25.0. The molecular weight excluding hydrogens is 596 g/mol. The molecule has 42 heavy (non-hydrogen) atoms. The Labute approximate surface area is 246 Å². The zero-order valence-corrected chi connectivity index (χ0v) is 25.1. The second kappa shape index (κ2) is 13.1. The van der Waals surface area contributed by atoms with Crippen LogP contribution in [0.3, 0.4) is 0 Å². The fourth-order valence-electron chi connectivity index (χ4n) is 4.24. The molecule has 0 aliphatic carbocycles. The Bertz CT molecular complexity index is 1430. The fourth-order valence-corrected chi connectivity index (χ4v) is 6.08. The van der Waals surface area contributed by atoms with Crippen molar-refractivity contribution in [2.45, 2.75) is 63.9 Å². The summed E-state index contributed by atoms with van der Waals surface area (Å²) >= 11 is 6.23. The number of fused-ring (bicyclic) bond motifs is 1. The number of ether oxygens (including phenoxy) is 2. The Balaban J connectivity index is 1.61. The summed E-state index contributed by atoms with van der Waals surface area (Å²) in [5, 5.41) is 16.6. The number of anilines is 2. The first-order chi connectivity index (χ1) is 19.9. The molecule has 0 unspecified atom stereocenters. The molecule has 5 N–H and O–H groups in total. The van der Waals surface area contributed by atoms with Gasteiger partial charge in [-0.05, 0) is 39.8 Å². The molecule has 1 saturated heterocycles. The normalized spacial score (nSPS) is 24.4. The van der Waals surface area contributed by atoms with Gasteiger partial charge in [-0.2, -0.15) is 15.1 Å². The van der Waals surface area contributed by atoms with Crippen LogP contribution >= 0.6 is 19.3 Å². The number of nitrogens with two attached hydrogens (primary N) is 1. The molecule has 1 aliphatic heterocycles. The standard InChI is InChI=1S/C25H34ClFN7O7P/c1-5-29-20-18-21(32-24(28)31-20)34(13-30-18)22-17(27)19(35)25(11-26,40-22)12-38-42(37,41-16-9-7-6-8-10-16)33-15(4)23(36)39-14(2)3/h6-10,13-15,17,19,22,35H,5,11-12H2,1-4H3,(H,33,37)(H3,28,29,31,32)/t15-,17-,19-,22+,25+,42-/m0/s1. The summed E-state index contributed by atoms with van der Waals surface area (Å²) in [5.74, 6) is -0.756. The summed E-state index contributed by atoms with van der Waals surface area (Å²) in [6, 6.07) is 6.94. The van der Waals surface area contributed by atoms with Gasteiger partial charge >= 0.3 is 13.7 Å². The lowest BCUT2D eigenvalue weighted by molar-refractivity contribution is -0.149. The van der Waals surface area contributed by atoms with Gasteiger partial charge in [0.2, 0.25) is 5.95 Å². The van der Waals surface area contributed by atoms with Gasteiger partial charge in [-0.15, -0.1) is 11.6 Å². The number of esters is 1. The average molecular weight is 630 g/mol. The molecule has 4 rings (SSSR count). The van der Waals surface area contributed by atoms with Crippen molar-refractivity contribution >= 4 is 48.2 Å². The quantitative estimate of drug-likeness (QED) is 0.123. The van der Waals surface area contributed by atoms with Crippen molar-refractivity contribution in [3.63, 3.8) is 0 Å². The first-order valence-corrected chi connectivity index (χ1v) is 15.3. The number of nitrogens with zero attached hydrogens (tertiary/aromatic N) is 4. The Morgan fingerprint density at radius 3 is 2.67 bits per heavy atom. The van der Waals surface area contributed by atoms with Crippen molar-refractivity contribution in [3.05, 3.63) is 36.7 Å². The zero-order valence-electron chi connectivity index (χ0n) is 23.4. The number of aromatic nitrogens is 4. The number of benzene rings is 1. The molecule has 0 amide bonds. The molecule has 0 bridgehead atoms. The summed E-state index contributed by atoms with van der Waals surface area (Å²) in [5.41, 5.74) is 4.42. The van der Waals surface area contributed by atoms with Crippen molar-refractivity contribution in [1.82, 2.24) is 24.6 Å². The van der Waals surface area contributed by atoms with Crippen LogP contribution in [0.2, 0.25) is 0 Å². The van der Waals surface area contributed by atoms with E-state index < -0.39 is 62.5 Å². The molecule has 1 fully saturated rings. The number of nitrogen functional groups attached to an aromatic ring is 1. The molecule has 230 valence electrons. The van der Waals surface area contributed by atoms with Crippen molar-refractivity contribution in [2.75, 3.05) is 30.1 Å². The lowest BCUT2D eigenvalue weighted by atomic mass is 9.99. The van der Waals surface area contributed by atoms with Crippen molar-refractivity contribution in [3.8, 4) is 5.75 Å². The number of aliphatic hydroxyl groups is 1. The maximum atomic E-state index is 15.7. The predicted octanol–water partition coefficient (Wildman–Crippen LogP) is 3.18. The summed E-state index contributed by atoms with van der Waals surface area (Å²) in [6.45, 7) is 6.43. The third-order valence-electron chi connectivity index (χ3n) is 6.26. The summed E-state index contributed by atoms with van der Waals surface area (Å²) in [7, 11) is -4.38. The molecule has 1 aromatic carbocycles. The van der Waals surface area contributed by atoms with Crippen LogP contribution in [0.1, 0.15) is 33.9 Å². The maximum Gasteiger partial charge on any atom is 0.459 e. The monoisotopic (exact) mass is 629 g/mol. The molecule has 0 radical (unpaired) electrons. The van der Waals surface area contributed by atoms with E-state index in [4.69, 9.17) is 35.9 Å². The van der Waals surface area contributed by atoms with Gasteiger partial charge < -0.3 is 30.2 Å². The zero-order chi connectivity index (χ0) is 30.7. The Hall–Kier alpha value is -3.07. The largest absolute Gasteiger partial charge is 0.462 e. The van der Waals surface area contributed by atoms with Gasteiger partial charge in [0.15, 0.2) is 29.4 Å². The average Bonchev–Trinajstić information content (AvgIpc) is 3.46. The first-order valence-electron chi connectivity index (χ1n) is 13.2. The van der Waals surface area contributed by atoms with Crippen molar-refractivity contribution in [1.29, 1.82) is 0 Å². The van der Waals surface area contributed by atoms with E-state index in [2.05, 4.69) is 25.4 Å². The van der Waals surface area contributed by atoms with Gasteiger partial charge in [0.25, 0.3) is 0 Å². The molecular formula is C25H34ClFN7O7P. The number of carbonyl (C=O) groups excluding carboxylic acids is 1. The van der Waals surface area contributed by atoms with Gasteiger partial charge in [-0.25, -0.2) is 13.9 Å². The van der Waals surface area contributed by atoms with Crippen LogP contribution in [0.25, 0.3) is 11.2 Å². The van der Waals surface area contributed by atoms with Crippen molar-refractivity contribution in [2.24, 2.45) is 0 Å². The third kappa shape index (κ3) is 6.77. The number of para-hydroxylation sites is 1. The molecule has 6 atom stereocenters. The topological polar surface area (TPSA) is 185 Å². The maximum absolute atomic E-state index is 15.7. The third-order valence-corrected chi connectivity index (χ3v) is 8.33. The molecule has 14 nitrogen and oxygen atoms in total. The van der Waals surface area contributed by atoms with Crippen LogP contribution < -0.4 is 20.7 Å². The van der Waals surface area contributed by atoms with Gasteiger partial charge in [-0.3, -0.25) is 13.9 Å². The fraction of sp³-hybridized carbons (Fsp3) is 0.520. The van der Waals surface area contributed by atoms with Crippen LogP contribution in [-0.2, 0) is 23.4 Å². The lowest BCUT2D eigenvalue weighted by Gasteiger charge is -2.31. The number of alkyl halides is 2. The highest BCUT2D eigenvalue weighted by Crippen LogP contribution is 2.49. The Morgan fingerprint density at radius 1 is 1.31 bits per heavy atom. The van der Waals surface area contributed by atoms with Crippen LogP contribution in [0.4, 0.5) is 16.2 Å². The molecule has 0 spiro atoms. The molecule has 0 saturated carbocycles. The smallest absolute Gasteiger partial charge is 0.459 e. The van der Waals surface area contributed by atoms with Crippen LogP contribution in [0, 0.1) is 0 Å². The molecule has 17 heteroatoms. The van der Waals surface area contributed by atoms with Gasteiger partial charge in [0, 0.05) is 6.54 Å². The SMILES string of the molecule is CCNc1nc(N)nc2c1ncn2[C@@H]1O[C@](CCl)(CO[P@@](=O)(N[C@@H](C)C(=O)OC(C)C)Oc2ccccc2)[C@@H](O)[C@@H]1F.